The molecule has 1 saturated carbocycles. The lowest BCUT2D eigenvalue weighted by Gasteiger charge is -2.28. The zero-order valence-corrected chi connectivity index (χ0v) is 11.5. The fourth-order valence-electron chi connectivity index (χ4n) is 2.59. The number of likely N-dealkylation sites (N-methyl/N-ethyl adjacent to an activating group) is 1. The number of carbonyl (C=O) groups is 1. The standard InChI is InChI=1S/C14H21N3O2/c1-15-12-6-5-11(9-16-12)13(18)17(2)10-14(19)7-3-4-8-14/h5-6,9,19H,3-4,7-8,10H2,1-2H3,(H,15,16). The molecule has 0 saturated heterocycles. The van der Waals surface area contributed by atoms with Crippen LogP contribution in [0.25, 0.3) is 0 Å². The van der Waals surface area contributed by atoms with Gasteiger partial charge in [-0.05, 0) is 25.0 Å². The highest BCUT2D eigenvalue weighted by Gasteiger charge is 2.33. The van der Waals surface area contributed by atoms with Gasteiger partial charge in [0.2, 0.25) is 0 Å². The highest BCUT2D eigenvalue weighted by molar-refractivity contribution is 5.94. The van der Waals surface area contributed by atoms with Crippen molar-refractivity contribution in [1.29, 1.82) is 0 Å². The Morgan fingerprint density at radius 2 is 2.16 bits per heavy atom. The highest BCUT2D eigenvalue weighted by Crippen LogP contribution is 2.30. The first kappa shape index (κ1) is 13.8. The average molecular weight is 263 g/mol. The monoisotopic (exact) mass is 263 g/mol. The Labute approximate surface area is 113 Å². The molecule has 0 bridgehead atoms. The second kappa shape index (κ2) is 5.57. The van der Waals surface area contributed by atoms with Crippen molar-refractivity contribution in [3.8, 4) is 0 Å². The summed E-state index contributed by atoms with van der Waals surface area (Å²) >= 11 is 0. The van der Waals surface area contributed by atoms with Crippen LogP contribution < -0.4 is 5.32 Å². The minimum atomic E-state index is -0.706. The lowest BCUT2D eigenvalue weighted by molar-refractivity contribution is 0.0156. The van der Waals surface area contributed by atoms with Crippen molar-refractivity contribution in [2.45, 2.75) is 31.3 Å². The van der Waals surface area contributed by atoms with Crippen molar-refractivity contribution >= 4 is 11.7 Å². The van der Waals surface area contributed by atoms with E-state index in [2.05, 4.69) is 10.3 Å². The molecule has 104 valence electrons. The maximum absolute atomic E-state index is 12.2. The molecule has 2 rings (SSSR count). The lowest BCUT2D eigenvalue weighted by atomic mass is 10.0. The molecule has 2 N–H and O–H groups in total. The minimum Gasteiger partial charge on any atom is -0.388 e. The number of amides is 1. The lowest BCUT2D eigenvalue weighted by Crippen LogP contribution is -2.42. The van der Waals surface area contributed by atoms with Crippen LogP contribution >= 0.6 is 0 Å². The van der Waals surface area contributed by atoms with E-state index in [0.29, 0.717) is 12.1 Å². The molecule has 0 radical (unpaired) electrons. The Hall–Kier alpha value is -1.62. The van der Waals surface area contributed by atoms with Crippen molar-refractivity contribution in [3.05, 3.63) is 23.9 Å². The fraction of sp³-hybridized carbons (Fsp3) is 0.571. The molecule has 1 fully saturated rings. The summed E-state index contributed by atoms with van der Waals surface area (Å²) in [5, 5.41) is 13.2. The van der Waals surface area contributed by atoms with E-state index in [4.69, 9.17) is 0 Å². The summed E-state index contributed by atoms with van der Waals surface area (Å²) in [6, 6.07) is 3.52. The second-order valence-corrected chi connectivity index (χ2v) is 5.27. The van der Waals surface area contributed by atoms with E-state index in [-0.39, 0.29) is 5.91 Å². The van der Waals surface area contributed by atoms with Crippen LogP contribution in [0.15, 0.2) is 18.3 Å². The topological polar surface area (TPSA) is 65.5 Å². The third-order valence-electron chi connectivity index (χ3n) is 3.68. The third-order valence-corrected chi connectivity index (χ3v) is 3.68. The van der Waals surface area contributed by atoms with Gasteiger partial charge in [0, 0.05) is 26.8 Å². The minimum absolute atomic E-state index is 0.101. The maximum atomic E-state index is 12.2. The van der Waals surface area contributed by atoms with Gasteiger partial charge in [-0.3, -0.25) is 4.79 Å². The van der Waals surface area contributed by atoms with Crippen molar-refractivity contribution in [3.63, 3.8) is 0 Å². The molecule has 5 heteroatoms. The predicted molar refractivity (Wildman–Crippen MR) is 74.2 cm³/mol. The van der Waals surface area contributed by atoms with Gasteiger partial charge in [-0.1, -0.05) is 12.8 Å². The molecule has 1 aliphatic carbocycles. The number of carbonyl (C=O) groups excluding carboxylic acids is 1. The normalized spacial score (nSPS) is 17.2. The molecule has 0 aromatic carbocycles. The largest absolute Gasteiger partial charge is 0.388 e. The SMILES string of the molecule is CNc1ccc(C(=O)N(C)CC2(O)CCCC2)cn1. The Balaban J connectivity index is 2.01. The van der Waals surface area contributed by atoms with Gasteiger partial charge in [0.05, 0.1) is 11.2 Å². The van der Waals surface area contributed by atoms with Crippen molar-refractivity contribution in [2.75, 3.05) is 26.0 Å². The molecule has 1 aromatic heterocycles. The number of hydrogen-bond donors (Lipinski definition) is 2. The molecular weight excluding hydrogens is 242 g/mol. The van der Waals surface area contributed by atoms with Crippen molar-refractivity contribution < 1.29 is 9.90 Å². The molecule has 0 aliphatic heterocycles. The number of rotatable bonds is 4. The van der Waals surface area contributed by atoms with Crippen molar-refractivity contribution in [1.82, 2.24) is 9.88 Å². The number of pyridine rings is 1. The van der Waals surface area contributed by atoms with Gasteiger partial charge < -0.3 is 15.3 Å². The van der Waals surface area contributed by atoms with Gasteiger partial charge in [0.15, 0.2) is 0 Å². The van der Waals surface area contributed by atoms with Gasteiger partial charge in [-0.2, -0.15) is 0 Å². The summed E-state index contributed by atoms with van der Waals surface area (Å²) in [4.78, 5) is 17.9. The van der Waals surface area contributed by atoms with Gasteiger partial charge in [-0.25, -0.2) is 4.98 Å². The second-order valence-electron chi connectivity index (χ2n) is 5.27. The van der Waals surface area contributed by atoms with Crippen LogP contribution in [0.2, 0.25) is 0 Å². The number of anilines is 1. The zero-order chi connectivity index (χ0) is 13.9. The van der Waals surface area contributed by atoms with Crippen LogP contribution in [0.1, 0.15) is 36.0 Å². The average Bonchev–Trinajstić information content (AvgIpc) is 2.84. The molecule has 5 nitrogen and oxygen atoms in total. The molecule has 0 spiro atoms. The number of aliphatic hydroxyl groups is 1. The number of nitrogens with zero attached hydrogens (tertiary/aromatic N) is 2. The van der Waals surface area contributed by atoms with Gasteiger partial charge in [-0.15, -0.1) is 0 Å². The number of hydrogen-bond acceptors (Lipinski definition) is 4. The van der Waals surface area contributed by atoms with Crippen LogP contribution in [0, 0.1) is 0 Å². The first-order chi connectivity index (χ1) is 9.04. The summed E-state index contributed by atoms with van der Waals surface area (Å²) in [7, 11) is 3.51. The quantitative estimate of drug-likeness (QED) is 0.864. The van der Waals surface area contributed by atoms with E-state index >= 15 is 0 Å². The van der Waals surface area contributed by atoms with E-state index in [1.807, 2.05) is 0 Å². The molecule has 1 heterocycles. The summed E-state index contributed by atoms with van der Waals surface area (Å²) in [5.74, 6) is 0.629. The van der Waals surface area contributed by atoms with Gasteiger partial charge in [0.1, 0.15) is 5.82 Å². The number of aromatic nitrogens is 1. The van der Waals surface area contributed by atoms with Crippen molar-refractivity contribution in [2.24, 2.45) is 0 Å². The van der Waals surface area contributed by atoms with Crippen LogP contribution in [0.5, 0.6) is 0 Å². The van der Waals surface area contributed by atoms with E-state index in [1.165, 1.54) is 0 Å². The molecule has 0 atom stereocenters. The summed E-state index contributed by atoms with van der Waals surface area (Å²) in [5.41, 5.74) is -0.161. The Kier molecular flexibility index (Phi) is 4.04. The molecule has 19 heavy (non-hydrogen) atoms. The summed E-state index contributed by atoms with van der Waals surface area (Å²) in [6.45, 7) is 0.389. The van der Waals surface area contributed by atoms with E-state index in [1.54, 1.807) is 37.3 Å². The first-order valence-electron chi connectivity index (χ1n) is 6.66. The molecular formula is C14H21N3O2. The third kappa shape index (κ3) is 3.23. The molecule has 1 amide bonds. The summed E-state index contributed by atoms with van der Waals surface area (Å²) < 4.78 is 0. The maximum Gasteiger partial charge on any atom is 0.255 e. The van der Waals surface area contributed by atoms with Crippen LogP contribution in [-0.4, -0.2) is 47.1 Å². The van der Waals surface area contributed by atoms with E-state index in [0.717, 1.165) is 31.5 Å². The van der Waals surface area contributed by atoms with E-state index in [9.17, 15) is 9.90 Å². The molecule has 1 aliphatic rings. The fourth-order valence-corrected chi connectivity index (χ4v) is 2.59. The van der Waals surface area contributed by atoms with E-state index < -0.39 is 5.60 Å². The van der Waals surface area contributed by atoms with Gasteiger partial charge in [0.25, 0.3) is 5.91 Å². The highest BCUT2D eigenvalue weighted by atomic mass is 16.3. The first-order valence-corrected chi connectivity index (χ1v) is 6.66. The molecule has 0 unspecified atom stereocenters. The van der Waals surface area contributed by atoms with Crippen LogP contribution in [0.4, 0.5) is 5.82 Å². The van der Waals surface area contributed by atoms with Gasteiger partial charge >= 0.3 is 0 Å². The summed E-state index contributed by atoms with van der Waals surface area (Å²) in [6.07, 6.45) is 5.19. The van der Waals surface area contributed by atoms with Crippen LogP contribution in [-0.2, 0) is 0 Å². The Bertz CT molecular complexity index is 439. The smallest absolute Gasteiger partial charge is 0.255 e. The predicted octanol–water partition coefficient (Wildman–Crippen LogP) is 1.50. The Morgan fingerprint density at radius 3 is 2.68 bits per heavy atom. The Morgan fingerprint density at radius 1 is 1.47 bits per heavy atom. The number of nitrogens with one attached hydrogen (secondary N) is 1. The zero-order valence-electron chi connectivity index (χ0n) is 11.5. The van der Waals surface area contributed by atoms with Crippen LogP contribution in [0.3, 0.4) is 0 Å². The molecule has 1 aromatic rings.